The first-order chi connectivity index (χ1) is 8.10. The van der Waals surface area contributed by atoms with Crippen LogP contribution in [0.2, 0.25) is 0 Å². The molecule has 3 nitrogen and oxygen atoms in total. The third kappa shape index (κ3) is 3.63. The number of aryl methyl sites for hydroxylation is 2. The van der Waals surface area contributed by atoms with Crippen LogP contribution in [0.15, 0.2) is 12.1 Å². The molecule has 1 aromatic carbocycles. The molecule has 0 bridgehead atoms. The van der Waals surface area contributed by atoms with Crippen LogP contribution >= 0.6 is 0 Å². The molecule has 1 rings (SSSR count). The van der Waals surface area contributed by atoms with Crippen molar-refractivity contribution in [1.82, 2.24) is 5.32 Å². The monoisotopic (exact) mass is 236 g/mol. The third-order valence-electron chi connectivity index (χ3n) is 3.08. The van der Waals surface area contributed by atoms with Gasteiger partial charge >= 0.3 is 0 Å². The summed E-state index contributed by atoms with van der Waals surface area (Å²) >= 11 is 0. The molecule has 17 heavy (non-hydrogen) atoms. The van der Waals surface area contributed by atoms with Crippen molar-refractivity contribution >= 4 is 5.69 Å². The zero-order valence-electron chi connectivity index (χ0n) is 11.6. The predicted molar refractivity (Wildman–Crippen MR) is 74.3 cm³/mol. The van der Waals surface area contributed by atoms with Gasteiger partial charge in [0.1, 0.15) is 5.75 Å². The van der Waals surface area contributed by atoms with E-state index in [0.29, 0.717) is 0 Å². The number of likely N-dealkylation sites (N-methyl/N-ethyl adjacent to an activating group) is 2. The topological polar surface area (TPSA) is 24.5 Å². The molecule has 0 unspecified atom stereocenters. The lowest BCUT2D eigenvalue weighted by molar-refractivity contribution is 0.414. The second-order valence-corrected chi connectivity index (χ2v) is 4.38. The summed E-state index contributed by atoms with van der Waals surface area (Å²) in [5.74, 6) is 0.951. The van der Waals surface area contributed by atoms with Gasteiger partial charge in [0.15, 0.2) is 0 Å². The molecule has 0 spiro atoms. The molecule has 0 atom stereocenters. The molecular formula is C14H24N2O. The molecular weight excluding hydrogens is 212 g/mol. The Morgan fingerprint density at radius 3 is 2.47 bits per heavy atom. The van der Waals surface area contributed by atoms with E-state index in [1.165, 1.54) is 11.1 Å². The third-order valence-corrected chi connectivity index (χ3v) is 3.08. The lowest BCUT2D eigenvalue weighted by Gasteiger charge is -2.23. The lowest BCUT2D eigenvalue weighted by atomic mass is 10.1. The summed E-state index contributed by atoms with van der Waals surface area (Å²) in [6, 6.07) is 4.30. The summed E-state index contributed by atoms with van der Waals surface area (Å²) in [5, 5.41) is 3.33. The summed E-state index contributed by atoms with van der Waals surface area (Å²) in [4.78, 5) is 2.23. The highest BCUT2D eigenvalue weighted by Crippen LogP contribution is 2.30. The van der Waals surface area contributed by atoms with Crippen LogP contribution in [0, 0.1) is 13.8 Å². The van der Waals surface area contributed by atoms with Gasteiger partial charge in [0, 0.05) is 20.1 Å². The SMILES string of the molecule is CCNCCN(C)c1cc(C)c(C)cc1OC. The Morgan fingerprint density at radius 1 is 1.24 bits per heavy atom. The van der Waals surface area contributed by atoms with Crippen LogP contribution < -0.4 is 15.0 Å². The Kier molecular flexibility index (Phi) is 5.29. The van der Waals surface area contributed by atoms with Gasteiger partial charge in [0.05, 0.1) is 12.8 Å². The second kappa shape index (κ2) is 6.50. The van der Waals surface area contributed by atoms with E-state index in [2.05, 4.69) is 50.2 Å². The minimum Gasteiger partial charge on any atom is -0.495 e. The van der Waals surface area contributed by atoms with Crippen LogP contribution in [-0.4, -0.2) is 33.8 Å². The highest BCUT2D eigenvalue weighted by atomic mass is 16.5. The van der Waals surface area contributed by atoms with Crippen molar-refractivity contribution in [3.63, 3.8) is 0 Å². The molecule has 0 saturated carbocycles. The number of hydrogen-bond acceptors (Lipinski definition) is 3. The van der Waals surface area contributed by atoms with Crippen LogP contribution in [0.5, 0.6) is 5.75 Å². The highest BCUT2D eigenvalue weighted by Gasteiger charge is 2.09. The van der Waals surface area contributed by atoms with E-state index < -0.39 is 0 Å². The van der Waals surface area contributed by atoms with Crippen LogP contribution in [0.3, 0.4) is 0 Å². The number of benzene rings is 1. The van der Waals surface area contributed by atoms with E-state index in [0.717, 1.165) is 31.1 Å². The maximum Gasteiger partial charge on any atom is 0.142 e. The number of hydrogen-bond donors (Lipinski definition) is 1. The molecule has 96 valence electrons. The zero-order valence-corrected chi connectivity index (χ0v) is 11.6. The number of rotatable bonds is 6. The first kappa shape index (κ1) is 13.8. The van der Waals surface area contributed by atoms with Gasteiger partial charge in [-0.2, -0.15) is 0 Å². The molecule has 0 aromatic heterocycles. The van der Waals surface area contributed by atoms with Gasteiger partial charge in [-0.25, -0.2) is 0 Å². The Balaban J connectivity index is 2.84. The summed E-state index contributed by atoms with van der Waals surface area (Å²) in [6.07, 6.45) is 0. The molecule has 3 heteroatoms. The van der Waals surface area contributed by atoms with E-state index in [4.69, 9.17) is 4.74 Å². The minimum absolute atomic E-state index is 0.951. The van der Waals surface area contributed by atoms with Gasteiger partial charge in [0.2, 0.25) is 0 Å². The molecule has 0 aliphatic rings. The first-order valence-corrected chi connectivity index (χ1v) is 6.17. The molecule has 0 fully saturated rings. The van der Waals surface area contributed by atoms with Crippen molar-refractivity contribution in [1.29, 1.82) is 0 Å². The first-order valence-electron chi connectivity index (χ1n) is 6.17. The average Bonchev–Trinajstić information content (AvgIpc) is 2.32. The van der Waals surface area contributed by atoms with E-state index in [9.17, 15) is 0 Å². The number of nitrogens with one attached hydrogen (secondary N) is 1. The van der Waals surface area contributed by atoms with Crippen LogP contribution in [0.1, 0.15) is 18.1 Å². The van der Waals surface area contributed by atoms with Gasteiger partial charge in [-0.05, 0) is 43.7 Å². The van der Waals surface area contributed by atoms with Gasteiger partial charge in [0.25, 0.3) is 0 Å². The molecule has 0 amide bonds. The van der Waals surface area contributed by atoms with E-state index in [1.54, 1.807) is 7.11 Å². The van der Waals surface area contributed by atoms with E-state index in [1.807, 2.05) is 0 Å². The Bertz CT molecular complexity index is 363. The molecule has 1 N–H and O–H groups in total. The van der Waals surface area contributed by atoms with Crippen molar-refractivity contribution < 1.29 is 4.74 Å². The molecule has 1 aromatic rings. The van der Waals surface area contributed by atoms with Crippen LogP contribution in [0.25, 0.3) is 0 Å². The van der Waals surface area contributed by atoms with Crippen molar-refractivity contribution in [3.05, 3.63) is 23.3 Å². The van der Waals surface area contributed by atoms with Gasteiger partial charge in [-0.1, -0.05) is 6.92 Å². The number of anilines is 1. The van der Waals surface area contributed by atoms with Crippen molar-refractivity contribution in [2.45, 2.75) is 20.8 Å². The van der Waals surface area contributed by atoms with Crippen LogP contribution in [0.4, 0.5) is 5.69 Å². The predicted octanol–water partition coefficient (Wildman–Crippen LogP) is 2.36. The quantitative estimate of drug-likeness (QED) is 0.767. The van der Waals surface area contributed by atoms with Crippen molar-refractivity contribution in [2.24, 2.45) is 0 Å². The van der Waals surface area contributed by atoms with Crippen LogP contribution in [-0.2, 0) is 0 Å². The Morgan fingerprint density at radius 2 is 1.88 bits per heavy atom. The lowest BCUT2D eigenvalue weighted by Crippen LogP contribution is -2.29. The largest absolute Gasteiger partial charge is 0.495 e. The standard InChI is InChI=1S/C14H24N2O/c1-6-15-7-8-16(4)13-9-11(2)12(3)10-14(13)17-5/h9-10,15H,6-8H2,1-5H3. The molecule has 0 saturated heterocycles. The summed E-state index contributed by atoms with van der Waals surface area (Å²) in [5.41, 5.74) is 3.73. The van der Waals surface area contributed by atoms with E-state index >= 15 is 0 Å². The summed E-state index contributed by atoms with van der Waals surface area (Å²) in [7, 11) is 3.83. The maximum atomic E-state index is 5.45. The smallest absolute Gasteiger partial charge is 0.142 e. The second-order valence-electron chi connectivity index (χ2n) is 4.38. The molecule has 0 radical (unpaired) electrons. The van der Waals surface area contributed by atoms with Crippen molar-refractivity contribution in [2.75, 3.05) is 38.7 Å². The number of methoxy groups -OCH3 is 1. The molecule has 0 aliphatic carbocycles. The number of nitrogens with zero attached hydrogens (tertiary/aromatic N) is 1. The highest BCUT2D eigenvalue weighted by molar-refractivity contribution is 5.61. The maximum absolute atomic E-state index is 5.45. The van der Waals surface area contributed by atoms with Gasteiger partial charge < -0.3 is 15.0 Å². The van der Waals surface area contributed by atoms with Gasteiger partial charge in [-0.3, -0.25) is 0 Å². The number of ether oxygens (including phenoxy) is 1. The fourth-order valence-electron chi connectivity index (χ4n) is 1.78. The van der Waals surface area contributed by atoms with Gasteiger partial charge in [-0.15, -0.1) is 0 Å². The normalized spacial score (nSPS) is 10.4. The summed E-state index contributed by atoms with van der Waals surface area (Å²) < 4.78 is 5.45. The fourth-order valence-corrected chi connectivity index (χ4v) is 1.78. The zero-order chi connectivity index (χ0) is 12.8. The molecule has 0 heterocycles. The molecule has 0 aliphatic heterocycles. The van der Waals surface area contributed by atoms with Crippen molar-refractivity contribution in [3.8, 4) is 5.75 Å². The fraction of sp³-hybridized carbons (Fsp3) is 0.571. The Labute approximate surface area is 105 Å². The Hall–Kier alpha value is -1.22. The summed E-state index contributed by atoms with van der Waals surface area (Å²) in [6.45, 7) is 9.35. The average molecular weight is 236 g/mol. The van der Waals surface area contributed by atoms with E-state index in [-0.39, 0.29) is 0 Å². The minimum atomic E-state index is 0.951.